The molecule has 0 aliphatic carbocycles. The van der Waals surface area contributed by atoms with E-state index in [1.807, 2.05) is 0 Å². The first kappa shape index (κ1) is 8.48. The molecule has 1 unspecified atom stereocenters. The Morgan fingerprint density at radius 3 is 2.00 bits per heavy atom. The SMILES string of the molecule is CC#CC(O)C(C)(C)O. The van der Waals surface area contributed by atoms with Gasteiger partial charge in [0.25, 0.3) is 0 Å². The Bertz CT molecular complexity index is 133. The highest BCUT2D eigenvalue weighted by atomic mass is 16.3. The normalized spacial score (nSPS) is 13.9. The maximum absolute atomic E-state index is 9.06. The molecule has 9 heavy (non-hydrogen) atoms. The Balaban J connectivity index is 3.99. The molecule has 0 saturated heterocycles. The van der Waals surface area contributed by atoms with Crippen LogP contribution in [-0.4, -0.2) is 21.9 Å². The van der Waals surface area contributed by atoms with Crippen molar-refractivity contribution in [2.75, 3.05) is 0 Å². The van der Waals surface area contributed by atoms with Gasteiger partial charge in [-0.25, -0.2) is 0 Å². The molecule has 0 aromatic carbocycles. The maximum atomic E-state index is 9.06. The van der Waals surface area contributed by atoms with E-state index in [4.69, 9.17) is 10.2 Å². The van der Waals surface area contributed by atoms with E-state index < -0.39 is 11.7 Å². The summed E-state index contributed by atoms with van der Waals surface area (Å²) in [4.78, 5) is 0. The largest absolute Gasteiger partial charge is 0.387 e. The first-order chi connectivity index (χ1) is 3.98. The van der Waals surface area contributed by atoms with Crippen molar-refractivity contribution in [3.05, 3.63) is 0 Å². The van der Waals surface area contributed by atoms with Crippen molar-refractivity contribution in [3.63, 3.8) is 0 Å². The summed E-state index contributed by atoms with van der Waals surface area (Å²) in [6.07, 6.45) is -0.942. The van der Waals surface area contributed by atoms with E-state index in [0.717, 1.165) is 0 Å². The van der Waals surface area contributed by atoms with Gasteiger partial charge in [-0.1, -0.05) is 5.92 Å². The van der Waals surface area contributed by atoms with Crippen LogP contribution < -0.4 is 0 Å². The highest BCUT2D eigenvalue weighted by Crippen LogP contribution is 2.05. The molecular weight excluding hydrogens is 116 g/mol. The zero-order valence-corrected chi connectivity index (χ0v) is 5.97. The van der Waals surface area contributed by atoms with Crippen LogP contribution in [0.4, 0.5) is 0 Å². The zero-order valence-electron chi connectivity index (χ0n) is 5.97. The Morgan fingerprint density at radius 2 is 1.89 bits per heavy atom. The second-order valence-corrected chi connectivity index (χ2v) is 2.45. The molecular formula is C7H12O2. The van der Waals surface area contributed by atoms with Crippen molar-refractivity contribution in [2.24, 2.45) is 0 Å². The molecule has 0 saturated carbocycles. The van der Waals surface area contributed by atoms with Crippen LogP contribution >= 0.6 is 0 Å². The van der Waals surface area contributed by atoms with Crippen molar-refractivity contribution >= 4 is 0 Å². The van der Waals surface area contributed by atoms with Gasteiger partial charge in [0.1, 0.15) is 6.10 Å². The molecule has 2 heteroatoms. The van der Waals surface area contributed by atoms with Crippen molar-refractivity contribution in [2.45, 2.75) is 32.5 Å². The lowest BCUT2D eigenvalue weighted by atomic mass is 10.0. The fourth-order valence-electron chi connectivity index (χ4n) is 0.313. The average Bonchev–Trinajstić information content (AvgIpc) is 1.64. The number of rotatable bonds is 1. The third kappa shape index (κ3) is 3.12. The topological polar surface area (TPSA) is 40.5 Å². The maximum Gasteiger partial charge on any atom is 0.142 e. The highest BCUT2D eigenvalue weighted by Gasteiger charge is 2.21. The second kappa shape index (κ2) is 2.86. The van der Waals surface area contributed by atoms with Crippen molar-refractivity contribution < 1.29 is 10.2 Å². The number of hydrogen-bond donors (Lipinski definition) is 2. The van der Waals surface area contributed by atoms with Gasteiger partial charge < -0.3 is 10.2 Å². The van der Waals surface area contributed by atoms with Crippen LogP contribution in [0.3, 0.4) is 0 Å². The summed E-state index contributed by atoms with van der Waals surface area (Å²) in [5.41, 5.74) is -1.11. The van der Waals surface area contributed by atoms with Gasteiger partial charge in [-0.3, -0.25) is 0 Å². The van der Waals surface area contributed by atoms with E-state index in [-0.39, 0.29) is 0 Å². The molecule has 52 valence electrons. The van der Waals surface area contributed by atoms with Gasteiger partial charge in [-0.05, 0) is 20.8 Å². The Kier molecular flexibility index (Phi) is 2.69. The predicted octanol–water partition coefficient (Wildman–Crippen LogP) is 0.141. The van der Waals surface area contributed by atoms with Crippen molar-refractivity contribution in [1.29, 1.82) is 0 Å². The number of aliphatic hydroxyl groups excluding tert-OH is 1. The molecule has 1 atom stereocenters. The summed E-state index contributed by atoms with van der Waals surface area (Å²) < 4.78 is 0. The molecule has 0 bridgehead atoms. The van der Waals surface area contributed by atoms with Gasteiger partial charge in [0, 0.05) is 0 Å². The van der Waals surface area contributed by atoms with Gasteiger partial charge in [0.2, 0.25) is 0 Å². The van der Waals surface area contributed by atoms with Gasteiger partial charge >= 0.3 is 0 Å². The summed E-state index contributed by atoms with van der Waals surface area (Å²) in [6, 6.07) is 0. The second-order valence-electron chi connectivity index (χ2n) is 2.45. The monoisotopic (exact) mass is 128 g/mol. The lowest BCUT2D eigenvalue weighted by molar-refractivity contribution is -0.0177. The molecule has 2 nitrogen and oxygen atoms in total. The zero-order chi connectivity index (χ0) is 7.49. The highest BCUT2D eigenvalue weighted by molar-refractivity contribution is 5.07. The van der Waals surface area contributed by atoms with Gasteiger partial charge in [-0.2, -0.15) is 0 Å². The first-order valence-corrected chi connectivity index (χ1v) is 2.81. The first-order valence-electron chi connectivity index (χ1n) is 2.81. The lowest BCUT2D eigenvalue weighted by Crippen LogP contribution is -2.34. The van der Waals surface area contributed by atoms with Crippen LogP contribution in [0.5, 0.6) is 0 Å². The summed E-state index contributed by atoms with van der Waals surface area (Å²) in [5.74, 6) is 4.95. The molecule has 0 rings (SSSR count). The minimum atomic E-state index is -1.11. The summed E-state index contributed by atoms with van der Waals surface area (Å²) in [6.45, 7) is 4.65. The van der Waals surface area contributed by atoms with Gasteiger partial charge in [0.15, 0.2) is 0 Å². The number of aliphatic hydroxyl groups is 2. The Hall–Kier alpha value is -0.520. The predicted molar refractivity (Wildman–Crippen MR) is 35.8 cm³/mol. The summed E-state index contributed by atoms with van der Waals surface area (Å²) >= 11 is 0. The lowest BCUT2D eigenvalue weighted by Gasteiger charge is -2.19. The van der Waals surface area contributed by atoms with E-state index in [0.29, 0.717) is 0 Å². The van der Waals surface area contributed by atoms with Crippen LogP contribution in [0.15, 0.2) is 0 Å². The summed E-state index contributed by atoms with van der Waals surface area (Å²) in [7, 11) is 0. The smallest absolute Gasteiger partial charge is 0.142 e. The molecule has 0 aliphatic rings. The van der Waals surface area contributed by atoms with Crippen LogP contribution in [0.25, 0.3) is 0 Å². The third-order valence-electron chi connectivity index (χ3n) is 0.950. The van der Waals surface area contributed by atoms with E-state index in [1.165, 1.54) is 13.8 Å². The molecule has 0 radical (unpaired) electrons. The van der Waals surface area contributed by atoms with E-state index in [9.17, 15) is 0 Å². The minimum Gasteiger partial charge on any atom is -0.387 e. The third-order valence-corrected chi connectivity index (χ3v) is 0.950. The molecule has 2 N–H and O–H groups in total. The van der Waals surface area contributed by atoms with Crippen LogP contribution in [-0.2, 0) is 0 Å². The molecule has 0 amide bonds. The van der Waals surface area contributed by atoms with Crippen molar-refractivity contribution in [1.82, 2.24) is 0 Å². The van der Waals surface area contributed by atoms with E-state index in [1.54, 1.807) is 6.92 Å². The Morgan fingerprint density at radius 1 is 1.44 bits per heavy atom. The van der Waals surface area contributed by atoms with E-state index in [2.05, 4.69) is 11.8 Å². The fourth-order valence-corrected chi connectivity index (χ4v) is 0.313. The quantitative estimate of drug-likeness (QED) is 0.493. The fraction of sp³-hybridized carbons (Fsp3) is 0.714. The molecule has 0 heterocycles. The number of hydrogen-bond acceptors (Lipinski definition) is 2. The molecule has 0 aromatic rings. The summed E-state index contributed by atoms with van der Waals surface area (Å²) in [5, 5.41) is 18.0. The minimum absolute atomic E-state index is 0.942. The van der Waals surface area contributed by atoms with Crippen molar-refractivity contribution in [3.8, 4) is 11.8 Å². The molecule has 0 fully saturated rings. The van der Waals surface area contributed by atoms with Crippen LogP contribution in [0.2, 0.25) is 0 Å². The average molecular weight is 128 g/mol. The van der Waals surface area contributed by atoms with Crippen LogP contribution in [0.1, 0.15) is 20.8 Å². The van der Waals surface area contributed by atoms with Gasteiger partial charge in [-0.15, -0.1) is 5.92 Å². The van der Waals surface area contributed by atoms with Crippen LogP contribution in [0, 0.1) is 11.8 Å². The Labute approximate surface area is 55.5 Å². The molecule has 0 aromatic heterocycles. The van der Waals surface area contributed by atoms with Gasteiger partial charge in [0.05, 0.1) is 5.60 Å². The molecule has 0 aliphatic heterocycles. The standard InChI is InChI=1S/C7H12O2/c1-4-5-6(8)7(2,3)9/h6,8-9H,1-3H3. The molecule has 0 spiro atoms. The van der Waals surface area contributed by atoms with E-state index >= 15 is 0 Å².